The summed E-state index contributed by atoms with van der Waals surface area (Å²) in [6, 6.07) is 11.1. The lowest BCUT2D eigenvalue weighted by atomic mass is 10.1. The number of hydrogen-bond acceptors (Lipinski definition) is 4. The molecule has 0 atom stereocenters. The number of para-hydroxylation sites is 1. The van der Waals surface area contributed by atoms with Crippen LogP contribution in [0.15, 0.2) is 53.6 Å². The van der Waals surface area contributed by atoms with E-state index in [1.54, 1.807) is 31.2 Å². The number of nitrogens with one attached hydrogen (secondary N) is 1. The maximum absolute atomic E-state index is 12.7. The van der Waals surface area contributed by atoms with Gasteiger partial charge in [0.05, 0.1) is 23.7 Å². The molecular weight excluding hydrogens is 395 g/mol. The third-order valence-corrected chi connectivity index (χ3v) is 4.81. The van der Waals surface area contributed by atoms with Crippen LogP contribution < -0.4 is 9.73 Å². The molecule has 0 aliphatic heterocycles. The minimum Gasteiger partial charge on any atom is -0.271 e. The van der Waals surface area contributed by atoms with Crippen LogP contribution in [0.4, 0.5) is 18.9 Å². The summed E-state index contributed by atoms with van der Waals surface area (Å²) in [6.07, 6.45) is -2.47. The summed E-state index contributed by atoms with van der Waals surface area (Å²) >= 11 is 0. The number of carbonyl (C=O) groups excluding carboxylic acids is 1. The van der Waals surface area contributed by atoms with Crippen molar-refractivity contribution in [2.75, 3.05) is 17.1 Å². The smallest absolute Gasteiger partial charge is 0.271 e. The predicted octanol–water partition coefficient (Wildman–Crippen LogP) is 2.93. The Morgan fingerprint density at radius 1 is 1.18 bits per heavy atom. The van der Waals surface area contributed by atoms with Gasteiger partial charge in [0.15, 0.2) is 0 Å². The number of nitrogens with zero attached hydrogens (tertiary/aromatic N) is 2. The summed E-state index contributed by atoms with van der Waals surface area (Å²) in [5.41, 5.74) is 2.43. The molecule has 0 bridgehead atoms. The number of rotatable bonds is 6. The first kappa shape index (κ1) is 21.4. The number of sulfonamides is 1. The molecule has 0 saturated carbocycles. The number of amides is 1. The highest BCUT2D eigenvalue weighted by Gasteiger charge is 2.30. The highest BCUT2D eigenvalue weighted by molar-refractivity contribution is 7.92. The van der Waals surface area contributed by atoms with Crippen LogP contribution in [0.5, 0.6) is 0 Å². The summed E-state index contributed by atoms with van der Waals surface area (Å²) in [5.74, 6) is -0.739. The van der Waals surface area contributed by atoms with E-state index in [0.717, 1.165) is 28.9 Å². The lowest BCUT2D eigenvalue weighted by molar-refractivity contribution is -0.137. The van der Waals surface area contributed by atoms with Crippen LogP contribution >= 0.6 is 0 Å². The zero-order chi connectivity index (χ0) is 20.9. The van der Waals surface area contributed by atoms with Gasteiger partial charge < -0.3 is 0 Å². The van der Waals surface area contributed by atoms with Gasteiger partial charge in [-0.25, -0.2) is 13.8 Å². The van der Waals surface area contributed by atoms with Gasteiger partial charge in [-0.1, -0.05) is 30.3 Å². The number of alkyl halides is 3. The van der Waals surface area contributed by atoms with Crippen LogP contribution in [0.1, 0.15) is 16.7 Å². The summed E-state index contributed by atoms with van der Waals surface area (Å²) in [7, 11) is -3.74. The zero-order valence-electron chi connectivity index (χ0n) is 15.1. The summed E-state index contributed by atoms with van der Waals surface area (Å²) < 4.78 is 63.1. The molecule has 1 amide bonds. The van der Waals surface area contributed by atoms with E-state index >= 15 is 0 Å². The molecule has 2 rings (SSSR count). The fraction of sp³-hybridized carbons (Fsp3) is 0.222. The van der Waals surface area contributed by atoms with E-state index in [1.165, 1.54) is 12.1 Å². The topological polar surface area (TPSA) is 78.8 Å². The van der Waals surface area contributed by atoms with Crippen molar-refractivity contribution < 1.29 is 26.4 Å². The quantitative estimate of drug-likeness (QED) is 0.584. The third-order valence-electron chi connectivity index (χ3n) is 3.69. The second-order valence-electron chi connectivity index (χ2n) is 5.97. The van der Waals surface area contributed by atoms with Crippen LogP contribution in [-0.4, -0.2) is 33.3 Å². The van der Waals surface area contributed by atoms with Crippen molar-refractivity contribution >= 4 is 27.8 Å². The Hall–Kier alpha value is -2.88. The van der Waals surface area contributed by atoms with Crippen molar-refractivity contribution in [3.8, 4) is 0 Å². The summed E-state index contributed by atoms with van der Waals surface area (Å²) in [5, 5.41) is 3.60. The molecule has 0 spiro atoms. The van der Waals surface area contributed by atoms with Crippen molar-refractivity contribution in [2.24, 2.45) is 5.10 Å². The van der Waals surface area contributed by atoms with Gasteiger partial charge >= 0.3 is 6.18 Å². The molecule has 0 aliphatic rings. The van der Waals surface area contributed by atoms with E-state index in [2.05, 4.69) is 10.5 Å². The van der Waals surface area contributed by atoms with Gasteiger partial charge in [0, 0.05) is 0 Å². The molecule has 0 fully saturated rings. The Kier molecular flexibility index (Phi) is 6.45. The minimum absolute atomic E-state index is 0.133. The van der Waals surface area contributed by atoms with E-state index in [-0.39, 0.29) is 5.56 Å². The largest absolute Gasteiger partial charge is 0.416 e. The van der Waals surface area contributed by atoms with E-state index in [1.807, 2.05) is 0 Å². The van der Waals surface area contributed by atoms with Gasteiger partial charge in [0.25, 0.3) is 5.91 Å². The average molecular weight is 413 g/mol. The first-order valence-corrected chi connectivity index (χ1v) is 9.86. The maximum Gasteiger partial charge on any atom is 0.416 e. The molecule has 2 aromatic rings. The molecule has 150 valence electrons. The van der Waals surface area contributed by atoms with Crippen LogP contribution in [0.3, 0.4) is 0 Å². The van der Waals surface area contributed by atoms with Crippen molar-refractivity contribution in [3.63, 3.8) is 0 Å². The van der Waals surface area contributed by atoms with Crippen LogP contribution in [0, 0.1) is 6.92 Å². The monoisotopic (exact) mass is 413 g/mol. The average Bonchev–Trinajstić information content (AvgIpc) is 2.59. The SMILES string of the molecule is Cc1ccccc1N(CC(=O)N/N=C\c1cccc(C(F)(F)F)c1)S(C)(=O)=O. The molecule has 0 radical (unpaired) electrons. The number of anilines is 1. The van der Waals surface area contributed by atoms with Gasteiger partial charge in [-0.3, -0.25) is 9.10 Å². The Morgan fingerprint density at radius 2 is 1.86 bits per heavy atom. The number of carbonyl (C=O) groups is 1. The molecule has 1 N–H and O–H groups in total. The summed E-state index contributed by atoms with van der Waals surface area (Å²) in [6.45, 7) is 1.18. The number of hydrogen-bond donors (Lipinski definition) is 1. The van der Waals surface area contributed by atoms with Gasteiger partial charge in [-0.05, 0) is 36.2 Å². The molecule has 6 nitrogen and oxygen atoms in total. The highest BCUT2D eigenvalue weighted by atomic mass is 32.2. The minimum atomic E-state index is -4.49. The van der Waals surface area contributed by atoms with Gasteiger partial charge in [-0.2, -0.15) is 18.3 Å². The van der Waals surface area contributed by atoms with Crippen LogP contribution in [0.25, 0.3) is 0 Å². The number of hydrazone groups is 1. The molecule has 2 aromatic carbocycles. The Labute approximate surface area is 160 Å². The first-order chi connectivity index (χ1) is 13.0. The van der Waals surface area contributed by atoms with Crippen LogP contribution in [-0.2, 0) is 21.0 Å². The molecule has 0 aliphatic carbocycles. The van der Waals surface area contributed by atoms with E-state index in [9.17, 15) is 26.4 Å². The molecule has 0 aromatic heterocycles. The molecule has 0 heterocycles. The fourth-order valence-corrected chi connectivity index (χ4v) is 3.28. The lowest BCUT2D eigenvalue weighted by Crippen LogP contribution is -2.39. The Balaban J connectivity index is 2.10. The second-order valence-corrected chi connectivity index (χ2v) is 7.88. The standard InChI is InChI=1S/C18H18F3N3O3S/c1-13-6-3-4-9-16(13)24(28(2,26)27)12-17(25)23-22-11-14-7-5-8-15(10-14)18(19,20)21/h3-11H,12H2,1-2H3,(H,23,25)/b22-11-. The maximum atomic E-state index is 12.7. The van der Waals surface area contributed by atoms with Crippen molar-refractivity contribution in [1.82, 2.24) is 5.43 Å². The van der Waals surface area contributed by atoms with Gasteiger partial charge in [0.1, 0.15) is 6.54 Å². The van der Waals surface area contributed by atoms with Crippen molar-refractivity contribution in [1.29, 1.82) is 0 Å². The van der Waals surface area contributed by atoms with Crippen molar-refractivity contribution in [2.45, 2.75) is 13.1 Å². The fourth-order valence-electron chi connectivity index (χ4n) is 2.36. The molecule has 0 saturated heterocycles. The third kappa shape index (κ3) is 5.81. The van der Waals surface area contributed by atoms with Gasteiger partial charge in [-0.15, -0.1) is 0 Å². The summed E-state index contributed by atoms with van der Waals surface area (Å²) in [4.78, 5) is 12.1. The number of aryl methyl sites for hydroxylation is 1. The Bertz CT molecular complexity index is 989. The Morgan fingerprint density at radius 3 is 2.46 bits per heavy atom. The van der Waals surface area contributed by atoms with E-state index in [4.69, 9.17) is 0 Å². The zero-order valence-corrected chi connectivity index (χ0v) is 15.9. The first-order valence-electron chi connectivity index (χ1n) is 8.01. The molecule has 10 heteroatoms. The van der Waals surface area contributed by atoms with E-state index in [0.29, 0.717) is 11.3 Å². The van der Waals surface area contributed by atoms with E-state index < -0.39 is 34.2 Å². The number of halogens is 3. The number of benzene rings is 2. The molecule has 28 heavy (non-hydrogen) atoms. The van der Waals surface area contributed by atoms with Crippen LogP contribution in [0.2, 0.25) is 0 Å². The predicted molar refractivity (Wildman–Crippen MR) is 101 cm³/mol. The lowest BCUT2D eigenvalue weighted by Gasteiger charge is -2.23. The van der Waals surface area contributed by atoms with Crippen molar-refractivity contribution in [3.05, 3.63) is 65.2 Å². The van der Waals surface area contributed by atoms with Gasteiger partial charge in [0.2, 0.25) is 10.0 Å². The highest BCUT2D eigenvalue weighted by Crippen LogP contribution is 2.29. The molecular formula is C18H18F3N3O3S. The molecule has 0 unspecified atom stereocenters. The second kappa shape index (κ2) is 8.42. The normalized spacial score (nSPS) is 12.2.